The number of aryl methyl sites for hydroxylation is 1. The maximum atomic E-state index is 14.0. The van der Waals surface area contributed by atoms with Crippen molar-refractivity contribution in [2.75, 3.05) is 7.11 Å². The number of carbonyl (C=O) groups excluding carboxylic acids is 2. The van der Waals surface area contributed by atoms with Gasteiger partial charge in [-0.1, -0.05) is 78.3 Å². The average Bonchev–Trinajstić information content (AvgIpc) is 2.88. The second kappa shape index (κ2) is 10.3. The molecule has 2 atom stereocenters. The number of nitrogens with one attached hydrogen (secondary N) is 1. The molecule has 0 fully saturated rings. The average molecular weight is 544 g/mol. The van der Waals surface area contributed by atoms with Crippen molar-refractivity contribution in [2.24, 2.45) is 0 Å². The van der Waals surface area contributed by atoms with Gasteiger partial charge < -0.3 is 19.9 Å². The summed E-state index contributed by atoms with van der Waals surface area (Å²) in [6, 6.07) is 16.5. The summed E-state index contributed by atoms with van der Waals surface area (Å²) in [5.74, 6) is -0.0790. The van der Waals surface area contributed by atoms with Gasteiger partial charge in [-0.05, 0) is 71.2 Å². The quantitative estimate of drug-likeness (QED) is 0.269. The molecule has 212 valence electrons. The lowest BCUT2D eigenvalue weighted by atomic mass is 9.68. The van der Waals surface area contributed by atoms with Crippen LogP contribution < -0.4 is 14.8 Å². The number of phenols is 1. The highest BCUT2D eigenvalue weighted by atomic mass is 16.5. The fourth-order valence-electron chi connectivity index (χ4n) is 5.57. The minimum Gasteiger partial charge on any atom is -0.507 e. The van der Waals surface area contributed by atoms with E-state index in [1.54, 1.807) is 31.4 Å². The van der Waals surface area contributed by atoms with E-state index >= 15 is 0 Å². The number of fused-ring (bicyclic) bond motifs is 1. The molecule has 4 rings (SSSR count). The Bertz CT molecular complexity index is 1410. The molecule has 1 aliphatic rings. The van der Waals surface area contributed by atoms with Crippen LogP contribution >= 0.6 is 0 Å². The summed E-state index contributed by atoms with van der Waals surface area (Å²) >= 11 is 0. The van der Waals surface area contributed by atoms with E-state index in [4.69, 9.17) is 9.47 Å². The van der Waals surface area contributed by atoms with Gasteiger partial charge in [0.05, 0.1) is 7.11 Å². The SMILES string of the molecule is CC[C@]1(NC(=O)c2ccc(OC)cc2)C(=O)Oc2ccc(C)cc2[C@@H]1c1cc(C(C)(C)C)c(O)c(C(C)(C)C)c1. The maximum absolute atomic E-state index is 14.0. The zero-order valence-corrected chi connectivity index (χ0v) is 25.1. The third kappa shape index (κ3) is 5.19. The Balaban J connectivity index is 2.00. The number of rotatable bonds is 5. The van der Waals surface area contributed by atoms with E-state index in [1.165, 1.54) is 0 Å². The third-order valence-corrected chi connectivity index (χ3v) is 7.86. The lowest BCUT2D eigenvalue weighted by molar-refractivity contribution is -0.144. The number of hydrogen-bond acceptors (Lipinski definition) is 5. The van der Waals surface area contributed by atoms with Crippen molar-refractivity contribution in [3.8, 4) is 17.2 Å². The summed E-state index contributed by atoms with van der Waals surface area (Å²) in [4.78, 5) is 27.7. The van der Waals surface area contributed by atoms with Gasteiger partial charge in [0.15, 0.2) is 0 Å². The number of hydrogen-bond donors (Lipinski definition) is 2. The Labute approximate surface area is 237 Å². The number of amides is 1. The first-order chi connectivity index (χ1) is 18.6. The van der Waals surface area contributed by atoms with E-state index < -0.39 is 17.4 Å². The summed E-state index contributed by atoms with van der Waals surface area (Å²) in [6.45, 7) is 16.2. The number of phenolic OH excluding ortho intramolecular Hbond substituents is 1. The van der Waals surface area contributed by atoms with E-state index in [1.807, 2.05) is 44.2 Å². The van der Waals surface area contributed by atoms with Gasteiger partial charge in [-0.2, -0.15) is 0 Å². The largest absolute Gasteiger partial charge is 0.507 e. The van der Waals surface area contributed by atoms with Crippen molar-refractivity contribution >= 4 is 11.9 Å². The van der Waals surface area contributed by atoms with Crippen LogP contribution in [0.5, 0.6) is 17.2 Å². The molecule has 0 saturated carbocycles. The van der Waals surface area contributed by atoms with E-state index in [0.29, 0.717) is 23.5 Å². The van der Waals surface area contributed by atoms with E-state index in [9.17, 15) is 14.7 Å². The molecule has 3 aromatic carbocycles. The lowest BCUT2D eigenvalue weighted by Gasteiger charge is -2.43. The van der Waals surface area contributed by atoms with Gasteiger partial charge in [-0.25, -0.2) is 4.79 Å². The molecule has 1 amide bonds. The first-order valence-corrected chi connectivity index (χ1v) is 13.8. The summed E-state index contributed by atoms with van der Waals surface area (Å²) in [5.41, 5.74) is 2.53. The molecule has 0 spiro atoms. The molecular weight excluding hydrogens is 502 g/mol. The second-order valence-electron chi connectivity index (χ2n) is 12.8. The molecule has 0 aromatic heterocycles. The number of ether oxygens (including phenoxy) is 2. The van der Waals surface area contributed by atoms with Gasteiger partial charge in [0.1, 0.15) is 22.8 Å². The van der Waals surface area contributed by atoms with E-state index in [-0.39, 0.29) is 22.5 Å². The molecule has 0 radical (unpaired) electrons. The predicted molar refractivity (Wildman–Crippen MR) is 158 cm³/mol. The van der Waals surface area contributed by atoms with Gasteiger partial charge in [0, 0.05) is 17.0 Å². The number of aromatic hydroxyl groups is 1. The highest BCUT2D eigenvalue weighted by Gasteiger charge is 2.53. The Hall–Kier alpha value is -3.80. The smallest absolute Gasteiger partial charge is 0.338 e. The maximum Gasteiger partial charge on any atom is 0.338 e. The summed E-state index contributed by atoms with van der Waals surface area (Å²) < 4.78 is 11.2. The molecular formula is C34H41NO5. The number of esters is 1. The summed E-state index contributed by atoms with van der Waals surface area (Å²) in [6.07, 6.45) is 0.294. The highest BCUT2D eigenvalue weighted by Crippen LogP contribution is 2.49. The first-order valence-electron chi connectivity index (χ1n) is 13.8. The van der Waals surface area contributed by atoms with Crippen LogP contribution in [0.15, 0.2) is 54.6 Å². The molecule has 6 nitrogen and oxygen atoms in total. The molecule has 2 N–H and O–H groups in total. The fraction of sp³-hybridized carbons (Fsp3) is 0.412. The lowest BCUT2D eigenvalue weighted by Crippen LogP contribution is -2.61. The van der Waals surface area contributed by atoms with Crippen LogP contribution in [0, 0.1) is 6.92 Å². The standard InChI is InChI=1S/C34H41NO5/c1-10-34(35-30(37)21-12-14-23(39-9)15-13-21)28(24-17-20(2)11-16-27(24)40-31(34)38)22-18-25(32(3,4)5)29(36)26(19-22)33(6,7)8/h11-19,28,36H,10H2,1-9H3,(H,35,37)/t28-,34+/m0/s1. The van der Waals surface area contributed by atoms with Crippen LogP contribution in [-0.4, -0.2) is 29.6 Å². The van der Waals surface area contributed by atoms with Crippen molar-refractivity contribution in [1.29, 1.82) is 0 Å². The molecule has 0 saturated heterocycles. The van der Waals surface area contributed by atoms with Crippen LogP contribution in [0.4, 0.5) is 0 Å². The van der Waals surface area contributed by atoms with Crippen molar-refractivity contribution in [3.05, 3.63) is 88.0 Å². The van der Waals surface area contributed by atoms with Crippen LogP contribution in [0.2, 0.25) is 0 Å². The number of benzene rings is 3. The van der Waals surface area contributed by atoms with Gasteiger partial charge in [0.2, 0.25) is 0 Å². The number of carbonyl (C=O) groups is 2. The minimum absolute atomic E-state index is 0.260. The van der Waals surface area contributed by atoms with E-state index in [2.05, 4.69) is 46.9 Å². The van der Waals surface area contributed by atoms with Crippen molar-refractivity contribution in [3.63, 3.8) is 0 Å². The summed E-state index contributed by atoms with van der Waals surface area (Å²) in [5, 5.41) is 14.5. The molecule has 0 aliphatic carbocycles. The summed E-state index contributed by atoms with van der Waals surface area (Å²) in [7, 11) is 1.57. The molecule has 1 aliphatic heterocycles. The molecule has 6 heteroatoms. The molecule has 0 bridgehead atoms. The highest BCUT2D eigenvalue weighted by molar-refractivity contribution is 6.00. The van der Waals surface area contributed by atoms with Gasteiger partial charge in [0.25, 0.3) is 5.91 Å². The monoisotopic (exact) mass is 543 g/mol. The Morgan fingerprint density at radius 2 is 1.55 bits per heavy atom. The molecule has 40 heavy (non-hydrogen) atoms. The third-order valence-electron chi connectivity index (χ3n) is 7.86. The normalized spacial score (nSPS) is 19.0. The Morgan fingerprint density at radius 3 is 2.05 bits per heavy atom. The van der Waals surface area contributed by atoms with Crippen molar-refractivity contribution < 1.29 is 24.2 Å². The first kappa shape index (κ1) is 29.2. The second-order valence-corrected chi connectivity index (χ2v) is 12.8. The Morgan fingerprint density at radius 1 is 0.975 bits per heavy atom. The van der Waals surface area contributed by atoms with Crippen LogP contribution in [-0.2, 0) is 15.6 Å². The van der Waals surface area contributed by atoms with Crippen molar-refractivity contribution in [2.45, 2.75) is 84.1 Å². The zero-order valence-electron chi connectivity index (χ0n) is 25.1. The Kier molecular flexibility index (Phi) is 7.52. The molecule has 0 unspecified atom stereocenters. The minimum atomic E-state index is -1.39. The number of methoxy groups -OCH3 is 1. The van der Waals surface area contributed by atoms with Crippen LogP contribution in [0.1, 0.15) is 99.0 Å². The van der Waals surface area contributed by atoms with Gasteiger partial charge in [-0.3, -0.25) is 4.79 Å². The molecule has 3 aromatic rings. The van der Waals surface area contributed by atoms with Crippen LogP contribution in [0.3, 0.4) is 0 Å². The molecule has 1 heterocycles. The van der Waals surface area contributed by atoms with E-state index in [0.717, 1.165) is 27.8 Å². The van der Waals surface area contributed by atoms with Crippen LogP contribution in [0.25, 0.3) is 0 Å². The predicted octanol–water partition coefficient (Wildman–Crippen LogP) is 6.93. The topological polar surface area (TPSA) is 84.9 Å². The van der Waals surface area contributed by atoms with Crippen molar-refractivity contribution in [1.82, 2.24) is 5.32 Å². The zero-order chi connectivity index (χ0) is 29.6. The fourth-order valence-corrected chi connectivity index (χ4v) is 5.57. The van der Waals surface area contributed by atoms with Gasteiger partial charge in [-0.15, -0.1) is 0 Å². The van der Waals surface area contributed by atoms with Gasteiger partial charge >= 0.3 is 5.97 Å².